The lowest BCUT2D eigenvalue weighted by atomic mass is 10.3. The Balaban J connectivity index is 2.81. The fourth-order valence-electron chi connectivity index (χ4n) is 1.46. The van der Waals surface area contributed by atoms with Crippen LogP contribution in [0.3, 0.4) is 0 Å². The highest BCUT2D eigenvalue weighted by molar-refractivity contribution is 7.92. The quantitative estimate of drug-likeness (QED) is 0.335. The molecule has 0 N–H and O–H groups in total. The number of nitro benzene ring substituents is 1. The molecular formula is C11H15ClN2O4S. The van der Waals surface area contributed by atoms with Gasteiger partial charge in [0.2, 0.25) is 10.0 Å². The van der Waals surface area contributed by atoms with Crippen LogP contribution in [0.5, 0.6) is 0 Å². The molecule has 106 valence electrons. The number of sulfonamides is 1. The van der Waals surface area contributed by atoms with Crippen molar-refractivity contribution in [1.82, 2.24) is 0 Å². The summed E-state index contributed by atoms with van der Waals surface area (Å²) >= 11 is 5.50. The topological polar surface area (TPSA) is 80.5 Å². The van der Waals surface area contributed by atoms with Crippen molar-refractivity contribution >= 4 is 33.0 Å². The molecule has 1 rings (SSSR count). The number of halogens is 1. The molecule has 8 heteroatoms. The SMILES string of the molecule is CN(c1ccc([N+](=O)[O-])cc1)S(=O)(=O)CCCCCl. The van der Waals surface area contributed by atoms with Crippen LogP contribution in [0.15, 0.2) is 24.3 Å². The molecule has 0 heterocycles. The molecule has 0 aliphatic heterocycles. The van der Waals surface area contributed by atoms with Crippen molar-refractivity contribution in [2.45, 2.75) is 12.8 Å². The minimum Gasteiger partial charge on any atom is -0.273 e. The van der Waals surface area contributed by atoms with Crippen LogP contribution in [-0.4, -0.2) is 32.0 Å². The Morgan fingerprint density at radius 3 is 2.32 bits per heavy atom. The third-order valence-electron chi connectivity index (χ3n) is 2.63. The summed E-state index contributed by atoms with van der Waals surface area (Å²) in [5, 5.41) is 10.5. The smallest absolute Gasteiger partial charge is 0.269 e. The maximum Gasteiger partial charge on any atom is 0.269 e. The van der Waals surface area contributed by atoms with E-state index >= 15 is 0 Å². The second-order valence-electron chi connectivity index (χ2n) is 3.95. The molecule has 19 heavy (non-hydrogen) atoms. The minimum absolute atomic E-state index is 0.00715. The van der Waals surface area contributed by atoms with E-state index in [1.807, 2.05) is 0 Å². The zero-order valence-corrected chi connectivity index (χ0v) is 12.0. The number of non-ortho nitro benzene ring substituents is 1. The number of hydrogen-bond acceptors (Lipinski definition) is 4. The van der Waals surface area contributed by atoms with E-state index in [1.54, 1.807) is 0 Å². The summed E-state index contributed by atoms with van der Waals surface area (Å²) in [6, 6.07) is 5.38. The van der Waals surface area contributed by atoms with E-state index in [0.717, 1.165) is 4.31 Å². The van der Waals surface area contributed by atoms with E-state index < -0.39 is 14.9 Å². The largest absolute Gasteiger partial charge is 0.273 e. The van der Waals surface area contributed by atoms with Gasteiger partial charge in [0.25, 0.3) is 5.69 Å². The lowest BCUT2D eigenvalue weighted by molar-refractivity contribution is -0.384. The third-order valence-corrected chi connectivity index (χ3v) is 4.74. The molecule has 0 saturated carbocycles. The first-order valence-electron chi connectivity index (χ1n) is 5.65. The van der Waals surface area contributed by atoms with E-state index in [2.05, 4.69) is 0 Å². The van der Waals surface area contributed by atoms with E-state index in [0.29, 0.717) is 24.4 Å². The molecule has 0 aromatic heterocycles. The normalized spacial score (nSPS) is 11.3. The number of alkyl halides is 1. The van der Waals surface area contributed by atoms with Gasteiger partial charge < -0.3 is 0 Å². The molecule has 0 spiro atoms. The maximum atomic E-state index is 12.0. The number of hydrogen-bond donors (Lipinski definition) is 0. The highest BCUT2D eigenvalue weighted by atomic mass is 35.5. The van der Waals surface area contributed by atoms with Gasteiger partial charge in [-0.1, -0.05) is 0 Å². The van der Waals surface area contributed by atoms with Gasteiger partial charge in [0, 0.05) is 25.1 Å². The van der Waals surface area contributed by atoms with Gasteiger partial charge in [-0.25, -0.2) is 8.42 Å². The Hall–Kier alpha value is -1.34. The van der Waals surface area contributed by atoms with Crippen LogP contribution in [0.4, 0.5) is 11.4 Å². The summed E-state index contributed by atoms with van der Waals surface area (Å²) < 4.78 is 25.1. The molecule has 6 nitrogen and oxygen atoms in total. The zero-order valence-electron chi connectivity index (χ0n) is 10.5. The number of nitro groups is 1. The summed E-state index contributed by atoms with van der Waals surface area (Å²) in [5.41, 5.74) is 0.327. The minimum atomic E-state index is -3.41. The molecule has 0 aliphatic carbocycles. The van der Waals surface area contributed by atoms with Crippen LogP contribution in [0.25, 0.3) is 0 Å². The van der Waals surface area contributed by atoms with Gasteiger partial charge in [-0.05, 0) is 25.0 Å². The van der Waals surface area contributed by atoms with Crippen molar-refractivity contribution < 1.29 is 13.3 Å². The van der Waals surface area contributed by atoms with Crippen molar-refractivity contribution in [2.24, 2.45) is 0 Å². The van der Waals surface area contributed by atoms with Crippen LogP contribution >= 0.6 is 11.6 Å². The van der Waals surface area contributed by atoms with Gasteiger partial charge in [0.1, 0.15) is 0 Å². The highest BCUT2D eigenvalue weighted by Gasteiger charge is 2.18. The first-order valence-corrected chi connectivity index (χ1v) is 7.80. The van der Waals surface area contributed by atoms with Crippen LogP contribution in [0.1, 0.15) is 12.8 Å². The van der Waals surface area contributed by atoms with Gasteiger partial charge in [0.15, 0.2) is 0 Å². The predicted octanol–water partition coefficient (Wildman–Crippen LogP) is 2.38. The van der Waals surface area contributed by atoms with E-state index in [4.69, 9.17) is 11.6 Å². The Bertz CT molecular complexity index is 530. The molecular weight excluding hydrogens is 292 g/mol. The molecule has 0 bridgehead atoms. The first-order chi connectivity index (χ1) is 8.88. The van der Waals surface area contributed by atoms with E-state index in [9.17, 15) is 18.5 Å². The second-order valence-corrected chi connectivity index (χ2v) is 6.45. The van der Waals surface area contributed by atoms with Crippen molar-refractivity contribution in [1.29, 1.82) is 0 Å². The van der Waals surface area contributed by atoms with Gasteiger partial charge in [0.05, 0.1) is 16.4 Å². The Morgan fingerprint density at radius 2 is 1.84 bits per heavy atom. The molecule has 0 aliphatic rings. The van der Waals surface area contributed by atoms with Crippen LogP contribution in [0.2, 0.25) is 0 Å². The fourth-order valence-corrected chi connectivity index (χ4v) is 2.94. The monoisotopic (exact) mass is 306 g/mol. The standard InChI is InChI=1S/C11H15ClN2O4S/c1-13(19(17,18)9-3-2-8-12)10-4-6-11(7-5-10)14(15)16/h4-7H,2-3,8-9H2,1H3. The second kappa shape index (κ2) is 6.72. The van der Waals surface area contributed by atoms with Crippen LogP contribution in [-0.2, 0) is 10.0 Å². The van der Waals surface area contributed by atoms with Crippen molar-refractivity contribution in [2.75, 3.05) is 23.0 Å². The van der Waals surface area contributed by atoms with Crippen LogP contribution in [0, 0.1) is 10.1 Å². The summed E-state index contributed by atoms with van der Waals surface area (Å²) in [6.07, 6.45) is 1.12. The maximum absolute atomic E-state index is 12.0. The average molecular weight is 307 g/mol. The molecule has 1 aromatic rings. The number of nitrogens with zero attached hydrogens (tertiary/aromatic N) is 2. The number of anilines is 1. The van der Waals surface area contributed by atoms with Crippen LogP contribution < -0.4 is 4.31 Å². The molecule has 0 saturated heterocycles. The Labute approximate surface area is 117 Å². The lowest BCUT2D eigenvalue weighted by Crippen LogP contribution is -2.29. The molecule has 0 atom stereocenters. The van der Waals surface area contributed by atoms with Gasteiger partial charge in [-0.2, -0.15) is 0 Å². The highest BCUT2D eigenvalue weighted by Crippen LogP contribution is 2.21. The summed E-state index contributed by atoms with van der Waals surface area (Å²) in [4.78, 5) is 9.99. The molecule has 0 fully saturated rings. The zero-order chi connectivity index (χ0) is 14.5. The predicted molar refractivity (Wildman–Crippen MR) is 75.2 cm³/mol. The Kier molecular flexibility index (Phi) is 5.56. The van der Waals surface area contributed by atoms with E-state index in [1.165, 1.54) is 31.3 Å². The van der Waals surface area contributed by atoms with Crippen molar-refractivity contribution in [3.63, 3.8) is 0 Å². The third kappa shape index (κ3) is 4.36. The van der Waals surface area contributed by atoms with Gasteiger partial charge in [-0.15, -0.1) is 11.6 Å². The average Bonchev–Trinajstić information content (AvgIpc) is 2.38. The van der Waals surface area contributed by atoms with Crippen molar-refractivity contribution in [3.05, 3.63) is 34.4 Å². The summed E-state index contributed by atoms with van der Waals surface area (Å²) in [7, 11) is -1.99. The summed E-state index contributed by atoms with van der Waals surface area (Å²) in [5.74, 6) is 0.434. The molecule has 0 amide bonds. The van der Waals surface area contributed by atoms with Gasteiger partial charge >= 0.3 is 0 Å². The van der Waals surface area contributed by atoms with Crippen molar-refractivity contribution in [3.8, 4) is 0 Å². The number of rotatable bonds is 7. The van der Waals surface area contributed by atoms with Gasteiger partial charge in [-0.3, -0.25) is 14.4 Å². The van der Waals surface area contributed by atoms with E-state index in [-0.39, 0.29) is 11.4 Å². The molecule has 0 unspecified atom stereocenters. The first kappa shape index (κ1) is 15.7. The lowest BCUT2D eigenvalue weighted by Gasteiger charge is -2.19. The number of unbranched alkanes of at least 4 members (excludes halogenated alkanes) is 1. The molecule has 0 radical (unpaired) electrons. The molecule has 1 aromatic carbocycles. The number of benzene rings is 1. The summed E-state index contributed by atoms with van der Waals surface area (Å²) in [6.45, 7) is 0. The fraction of sp³-hybridized carbons (Fsp3) is 0.455. The Morgan fingerprint density at radius 1 is 1.26 bits per heavy atom.